The number of fused-ring (bicyclic) bond motifs is 2. The van der Waals surface area contributed by atoms with Crippen molar-refractivity contribution in [3.63, 3.8) is 0 Å². The van der Waals surface area contributed by atoms with Crippen LogP contribution in [-0.2, 0) is 10.1 Å². The second-order valence-electron chi connectivity index (χ2n) is 4.08. The van der Waals surface area contributed by atoms with Crippen LogP contribution in [0, 0.1) is 6.07 Å². The minimum Gasteiger partial charge on any atom is -0.282 e. The zero-order valence-corrected chi connectivity index (χ0v) is 10.1. The minimum absolute atomic E-state index is 0.203. The van der Waals surface area contributed by atoms with Crippen molar-refractivity contribution < 1.29 is 13.0 Å². The van der Waals surface area contributed by atoms with Crippen LogP contribution in [0.3, 0.4) is 0 Å². The maximum atomic E-state index is 11.1. The van der Waals surface area contributed by atoms with E-state index in [0.29, 0.717) is 5.39 Å². The fourth-order valence-electron chi connectivity index (χ4n) is 1.99. The molecule has 0 heterocycles. The standard InChI is InChI=1S/C14H9O3S/c15-18(16,17)14-6-5-12-7-10-3-1-2-4-11(10)8-13(12)9-14/h1-8H,(H,15,16,17). The van der Waals surface area contributed by atoms with Gasteiger partial charge in [0.15, 0.2) is 0 Å². The van der Waals surface area contributed by atoms with Crippen LogP contribution in [0.2, 0.25) is 0 Å². The number of hydrogen-bond acceptors (Lipinski definition) is 2. The molecule has 0 saturated heterocycles. The second-order valence-corrected chi connectivity index (χ2v) is 5.47. The van der Waals surface area contributed by atoms with Gasteiger partial charge in [0.05, 0.1) is 0 Å². The Kier molecular flexibility index (Phi) is 2.36. The summed E-state index contributed by atoms with van der Waals surface area (Å²) >= 11 is 0. The first-order valence-electron chi connectivity index (χ1n) is 5.36. The molecule has 18 heavy (non-hydrogen) atoms. The van der Waals surface area contributed by atoms with Crippen molar-refractivity contribution in [3.8, 4) is 0 Å². The van der Waals surface area contributed by atoms with Crippen molar-refractivity contribution in [2.75, 3.05) is 0 Å². The number of rotatable bonds is 1. The lowest BCUT2D eigenvalue weighted by Gasteiger charge is -2.03. The SMILES string of the molecule is O=S(=O)(O)c1[c]c2cc3ccccc3cc2cc1. The summed E-state index contributed by atoms with van der Waals surface area (Å²) in [5, 5.41) is 3.65. The van der Waals surface area contributed by atoms with E-state index in [1.54, 1.807) is 6.07 Å². The summed E-state index contributed by atoms with van der Waals surface area (Å²) in [5.74, 6) is 0. The molecule has 0 bridgehead atoms. The van der Waals surface area contributed by atoms with Gasteiger partial charge < -0.3 is 0 Å². The topological polar surface area (TPSA) is 54.4 Å². The minimum atomic E-state index is -4.20. The first-order chi connectivity index (χ1) is 8.54. The molecule has 0 spiro atoms. The Morgan fingerprint density at radius 1 is 0.889 bits per heavy atom. The molecule has 0 aromatic heterocycles. The average Bonchev–Trinajstić information content (AvgIpc) is 2.34. The van der Waals surface area contributed by atoms with Gasteiger partial charge in [-0.05, 0) is 39.7 Å². The quantitative estimate of drug-likeness (QED) is 0.538. The van der Waals surface area contributed by atoms with Gasteiger partial charge in [0, 0.05) is 6.07 Å². The maximum Gasteiger partial charge on any atom is 0.295 e. The molecule has 4 heteroatoms. The monoisotopic (exact) mass is 257 g/mol. The highest BCUT2D eigenvalue weighted by Gasteiger charge is 2.10. The molecule has 0 aliphatic rings. The van der Waals surface area contributed by atoms with E-state index in [1.807, 2.05) is 36.4 Å². The molecule has 0 fully saturated rings. The van der Waals surface area contributed by atoms with E-state index in [0.717, 1.165) is 16.2 Å². The highest BCUT2D eigenvalue weighted by molar-refractivity contribution is 7.85. The third-order valence-corrected chi connectivity index (χ3v) is 3.66. The molecule has 1 N–H and O–H groups in total. The van der Waals surface area contributed by atoms with Crippen LogP contribution >= 0.6 is 0 Å². The molecule has 0 aliphatic heterocycles. The summed E-state index contributed by atoms with van der Waals surface area (Å²) in [5.41, 5.74) is 0. The molecule has 3 rings (SSSR count). The van der Waals surface area contributed by atoms with Crippen molar-refractivity contribution in [2.45, 2.75) is 4.90 Å². The molecule has 3 aromatic carbocycles. The average molecular weight is 257 g/mol. The second kappa shape index (κ2) is 3.80. The summed E-state index contributed by atoms with van der Waals surface area (Å²) in [6.45, 7) is 0. The van der Waals surface area contributed by atoms with Crippen LogP contribution < -0.4 is 0 Å². The van der Waals surface area contributed by atoms with Crippen LogP contribution in [-0.4, -0.2) is 13.0 Å². The molecule has 0 atom stereocenters. The Labute approximate surface area is 104 Å². The Balaban J connectivity index is 2.37. The molecular weight excluding hydrogens is 248 g/mol. The summed E-state index contributed by atoms with van der Waals surface area (Å²) < 4.78 is 31.1. The fraction of sp³-hybridized carbons (Fsp3) is 0. The van der Waals surface area contributed by atoms with Gasteiger partial charge in [0.25, 0.3) is 10.1 Å². The van der Waals surface area contributed by atoms with E-state index in [4.69, 9.17) is 4.55 Å². The summed E-state index contributed by atoms with van der Waals surface area (Å²) in [4.78, 5) is -0.203. The van der Waals surface area contributed by atoms with Gasteiger partial charge in [-0.2, -0.15) is 8.42 Å². The lowest BCUT2D eigenvalue weighted by molar-refractivity contribution is 0.483. The van der Waals surface area contributed by atoms with E-state index >= 15 is 0 Å². The normalized spacial score (nSPS) is 12.1. The Morgan fingerprint density at radius 3 is 2.22 bits per heavy atom. The van der Waals surface area contributed by atoms with Crippen molar-refractivity contribution in [1.82, 2.24) is 0 Å². The van der Waals surface area contributed by atoms with Crippen molar-refractivity contribution >= 4 is 31.7 Å². The Morgan fingerprint density at radius 2 is 1.56 bits per heavy atom. The molecule has 0 unspecified atom stereocenters. The van der Waals surface area contributed by atoms with Gasteiger partial charge in [0.1, 0.15) is 4.90 Å². The zero-order chi connectivity index (χ0) is 12.8. The first-order valence-corrected chi connectivity index (χ1v) is 6.80. The Bertz CT molecular complexity index is 851. The summed E-state index contributed by atoms with van der Waals surface area (Å²) in [6.07, 6.45) is 0. The lowest BCUT2D eigenvalue weighted by Crippen LogP contribution is -1.97. The van der Waals surface area contributed by atoms with E-state index in [9.17, 15) is 8.42 Å². The molecule has 0 saturated carbocycles. The van der Waals surface area contributed by atoms with Crippen LogP contribution in [0.25, 0.3) is 21.5 Å². The number of benzene rings is 3. The van der Waals surface area contributed by atoms with Crippen molar-refractivity contribution in [3.05, 3.63) is 54.6 Å². The van der Waals surface area contributed by atoms with Gasteiger partial charge in [-0.3, -0.25) is 4.55 Å². The van der Waals surface area contributed by atoms with E-state index < -0.39 is 10.1 Å². The molecule has 0 aliphatic carbocycles. The predicted molar refractivity (Wildman–Crippen MR) is 70.1 cm³/mol. The predicted octanol–water partition coefficient (Wildman–Crippen LogP) is 3.04. The lowest BCUT2D eigenvalue weighted by atomic mass is 10.0. The highest BCUT2D eigenvalue weighted by Crippen LogP contribution is 2.24. The van der Waals surface area contributed by atoms with E-state index in [2.05, 4.69) is 6.07 Å². The molecule has 3 nitrogen and oxygen atoms in total. The molecule has 89 valence electrons. The molecule has 3 aromatic rings. The zero-order valence-electron chi connectivity index (χ0n) is 9.29. The van der Waals surface area contributed by atoms with E-state index in [1.165, 1.54) is 6.07 Å². The Hall–Kier alpha value is -1.91. The fourth-order valence-corrected chi connectivity index (χ4v) is 2.47. The molecule has 0 amide bonds. The molecular formula is C14H9O3S. The molecule has 1 radical (unpaired) electrons. The third kappa shape index (κ3) is 1.85. The summed E-state index contributed by atoms with van der Waals surface area (Å²) in [6, 6.07) is 17.4. The van der Waals surface area contributed by atoms with Crippen LogP contribution in [0.5, 0.6) is 0 Å². The first kappa shape index (κ1) is 11.2. The van der Waals surface area contributed by atoms with Gasteiger partial charge in [-0.15, -0.1) is 0 Å². The van der Waals surface area contributed by atoms with Crippen LogP contribution in [0.15, 0.2) is 53.4 Å². The van der Waals surface area contributed by atoms with Gasteiger partial charge in [-0.25, -0.2) is 0 Å². The highest BCUT2D eigenvalue weighted by atomic mass is 32.2. The van der Waals surface area contributed by atoms with Crippen LogP contribution in [0.1, 0.15) is 0 Å². The van der Waals surface area contributed by atoms with Gasteiger partial charge in [-0.1, -0.05) is 30.3 Å². The third-order valence-electron chi connectivity index (χ3n) is 2.87. The van der Waals surface area contributed by atoms with Gasteiger partial charge >= 0.3 is 0 Å². The smallest absolute Gasteiger partial charge is 0.282 e. The maximum absolute atomic E-state index is 11.1. The van der Waals surface area contributed by atoms with Crippen molar-refractivity contribution in [2.24, 2.45) is 0 Å². The summed E-state index contributed by atoms with van der Waals surface area (Å²) in [7, 11) is -4.20. The van der Waals surface area contributed by atoms with Crippen LogP contribution in [0.4, 0.5) is 0 Å². The largest absolute Gasteiger partial charge is 0.295 e. The van der Waals surface area contributed by atoms with Crippen molar-refractivity contribution in [1.29, 1.82) is 0 Å². The van der Waals surface area contributed by atoms with Gasteiger partial charge in [0.2, 0.25) is 0 Å². The number of hydrogen-bond donors (Lipinski definition) is 1. The van der Waals surface area contributed by atoms with E-state index in [-0.39, 0.29) is 4.90 Å².